The van der Waals surface area contributed by atoms with Gasteiger partial charge in [0.25, 0.3) is 0 Å². The number of aliphatic hydroxyl groups is 1. The molecular weight excluding hydrogens is 260 g/mol. The molecule has 2 heteroatoms. The predicted octanol–water partition coefficient (Wildman–Crippen LogP) is 3.88. The van der Waals surface area contributed by atoms with Crippen LogP contribution in [0.15, 0.2) is 54.6 Å². The Hall–Kier alpha value is -1.64. The van der Waals surface area contributed by atoms with Gasteiger partial charge < -0.3 is 9.84 Å². The molecule has 1 saturated heterocycles. The van der Waals surface area contributed by atoms with E-state index in [0.717, 1.165) is 24.8 Å². The molecular formula is C19H22O2. The van der Waals surface area contributed by atoms with Gasteiger partial charge in [0, 0.05) is 0 Å². The molecule has 0 bridgehead atoms. The third kappa shape index (κ3) is 3.52. The quantitative estimate of drug-likeness (QED) is 0.922. The van der Waals surface area contributed by atoms with Crippen LogP contribution in [0, 0.1) is 0 Å². The van der Waals surface area contributed by atoms with Crippen molar-refractivity contribution in [2.24, 2.45) is 0 Å². The van der Waals surface area contributed by atoms with Crippen LogP contribution < -0.4 is 0 Å². The third-order valence-electron chi connectivity index (χ3n) is 4.19. The second-order valence-corrected chi connectivity index (χ2v) is 5.91. The van der Waals surface area contributed by atoms with Crippen molar-refractivity contribution in [3.63, 3.8) is 0 Å². The molecule has 1 fully saturated rings. The first kappa shape index (κ1) is 14.3. The highest BCUT2D eigenvalue weighted by Crippen LogP contribution is 2.30. The molecule has 0 aromatic heterocycles. The van der Waals surface area contributed by atoms with E-state index in [9.17, 15) is 5.11 Å². The minimum absolute atomic E-state index is 0.0556. The van der Waals surface area contributed by atoms with E-state index in [-0.39, 0.29) is 12.2 Å². The van der Waals surface area contributed by atoms with Gasteiger partial charge >= 0.3 is 0 Å². The second-order valence-electron chi connectivity index (χ2n) is 5.91. The van der Waals surface area contributed by atoms with Gasteiger partial charge in [-0.05, 0) is 42.9 Å². The Labute approximate surface area is 126 Å². The molecule has 2 aromatic carbocycles. The summed E-state index contributed by atoms with van der Waals surface area (Å²) in [5, 5.41) is 10.4. The van der Waals surface area contributed by atoms with E-state index < -0.39 is 6.10 Å². The summed E-state index contributed by atoms with van der Waals surface area (Å²) in [7, 11) is 0. The summed E-state index contributed by atoms with van der Waals surface area (Å²) in [5.74, 6) is 0. The smallest absolute Gasteiger partial charge is 0.105 e. The summed E-state index contributed by atoms with van der Waals surface area (Å²) in [6, 6.07) is 18.7. The van der Waals surface area contributed by atoms with Gasteiger partial charge in [0.1, 0.15) is 6.10 Å². The predicted molar refractivity (Wildman–Crippen MR) is 84.2 cm³/mol. The van der Waals surface area contributed by atoms with Crippen molar-refractivity contribution in [1.29, 1.82) is 0 Å². The SMILES string of the molecule is CC1CCC(C(O)c2ccc(Cc3ccccc3)cc2)O1. The minimum atomic E-state index is -0.513. The van der Waals surface area contributed by atoms with Gasteiger partial charge in [0.2, 0.25) is 0 Å². The Kier molecular flexibility index (Phi) is 4.37. The van der Waals surface area contributed by atoms with E-state index in [1.54, 1.807) is 0 Å². The summed E-state index contributed by atoms with van der Waals surface area (Å²) >= 11 is 0. The Morgan fingerprint density at radius 1 is 1.00 bits per heavy atom. The zero-order chi connectivity index (χ0) is 14.7. The van der Waals surface area contributed by atoms with Gasteiger partial charge in [-0.3, -0.25) is 0 Å². The highest BCUT2D eigenvalue weighted by atomic mass is 16.5. The van der Waals surface area contributed by atoms with Crippen LogP contribution in [0.3, 0.4) is 0 Å². The molecule has 3 rings (SSSR count). The molecule has 110 valence electrons. The van der Waals surface area contributed by atoms with Crippen LogP contribution in [-0.2, 0) is 11.2 Å². The lowest BCUT2D eigenvalue weighted by Gasteiger charge is -2.19. The summed E-state index contributed by atoms with van der Waals surface area (Å²) < 4.78 is 5.75. The van der Waals surface area contributed by atoms with E-state index in [1.807, 2.05) is 18.2 Å². The van der Waals surface area contributed by atoms with Gasteiger partial charge in [-0.1, -0.05) is 54.6 Å². The normalized spacial score (nSPS) is 23.1. The highest BCUT2D eigenvalue weighted by Gasteiger charge is 2.29. The number of rotatable bonds is 4. The van der Waals surface area contributed by atoms with Gasteiger partial charge in [-0.25, -0.2) is 0 Å². The number of benzene rings is 2. The standard InChI is InChI=1S/C19H22O2/c1-14-7-12-18(21-14)19(20)17-10-8-16(9-11-17)13-15-5-3-2-4-6-15/h2-6,8-11,14,18-20H,7,12-13H2,1H3. The highest BCUT2D eigenvalue weighted by molar-refractivity contribution is 5.29. The van der Waals surface area contributed by atoms with Crippen molar-refractivity contribution in [3.05, 3.63) is 71.3 Å². The Bertz CT molecular complexity index is 562. The number of ether oxygens (including phenoxy) is 1. The van der Waals surface area contributed by atoms with Gasteiger partial charge in [0.05, 0.1) is 12.2 Å². The molecule has 1 aliphatic heterocycles. The van der Waals surface area contributed by atoms with Crippen LogP contribution >= 0.6 is 0 Å². The van der Waals surface area contributed by atoms with Crippen molar-refractivity contribution in [3.8, 4) is 0 Å². The van der Waals surface area contributed by atoms with E-state index in [4.69, 9.17) is 4.74 Å². The molecule has 0 aliphatic carbocycles. The molecule has 1 heterocycles. The third-order valence-corrected chi connectivity index (χ3v) is 4.19. The summed E-state index contributed by atoms with van der Waals surface area (Å²) in [4.78, 5) is 0. The van der Waals surface area contributed by atoms with E-state index in [2.05, 4.69) is 43.3 Å². The van der Waals surface area contributed by atoms with Crippen LogP contribution in [0.5, 0.6) is 0 Å². The molecule has 2 aromatic rings. The molecule has 0 spiro atoms. The van der Waals surface area contributed by atoms with Crippen molar-refractivity contribution in [1.82, 2.24) is 0 Å². The largest absolute Gasteiger partial charge is 0.386 e. The molecule has 0 radical (unpaired) electrons. The molecule has 0 saturated carbocycles. The lowest BCUT2D eigenvalue weighted by Crippen LogP contribution is -2.18. The average Bonchev–Trinajstić information content (AvgIpc) is 2.95. The maximum Gasteiger partial charge on any atom is 0.105 e. The first-order valence-corrected chi connectivity index (χ1v) is 7.68. The fourth-order valence-corrected chi connectivity index (χ4v) is 2.94. The lowest BCUT2D eigenvalue weighted by atomic mass is 9.98. The molecule has 0 amide bonds. The summed E-state index contributed by atoms with van der Waals surface area (Å²) in [6.07, 6.45) is 2.60. The zero-order valence-electron chi connectivity index (χ0n) is 12.4. The minimum Gasteiger partial charge on any atom is -0.386 e. The molecule has 21 heavy (non-hydrogen) atoms. The van der Waals surface area contributed by atoms with Gasteiger partial charge in [-0.15, -0.1) is 0 Å². The molecule has 1 aliphatic rings. The first-order chi connectivity index (χ1) is 10.2. The molecule has 3 atom stereocenters. The van der Waals surface area contributed by atoms with Crippen LogP contribution in [-0.4, -0.2) is 17.3 Å². The van der Waals surface area contributed by atoms with E-state index in [1.165, 1.54) is 11.1 Å². The lowest BCUT2D eigenvalue weighted by molar-refractivity contribution is -0.0297. The van der Waals surface area contributed by atoms with Crippen LogP contribution in [0.4, 0.5) is 0 Å². The summed E-state index contributed by atoms with van der Waals surface area (Å²) in [5.41, 5.74) is 3.52. The maximum atomic E-state index is 10.4. The molecule has 2 nitrogen and oxygen atoms in total. The van der Waals surface area contributed by atoms with Crippen molar-refractivity contribution >= 4 is 0 Å². The van der Waals surface area contributed by atoms with Crippen molar-refractivity contribution < 1.29 is 9.84 Å². The van der Waals surface area contributed by atoms with E-state index in [0.29, 0.717) is 0 Å². The topological polar surface area (TPSA) is 29.5 Å². The Morgan fingerprint density at radius 3 is 2.29 bits per heavy atom. The number of hydrogen-bond acceptors (Lipinski definition) is 2. The summed E-state index contributed by atoms with van der Waals surface area (Å²) in [6.45, 7) is 2.07. The van der Waals surface area contributed by atoms with Gasteiger partial charge in [-0.2, -0.15) is 0 Å². The molecule has 1 N–H and O–H groups in total. The van der Waals surface area contributed by atoms with Crippen LogP contribution in [0.2, 0.25) is 0 Å². The van der Waals surface area contributed by atoms with Crippen molar-refractivity contribution in [2.45, 2.75) is 44.5 Å². The monoisotopic (exact) mass is 282 g/mol. The van der Waals surface area contributed by atoms with E-state index >= 15 is 0 Å². The number of aliphatic hydroxyl groups excluding tert-OH is 1. The number of hydrogen-bond donors (Lipinski definition) is 1. The molecule has 3 unspecified atom stereocenters. The zero-order valence-corrected chi connectivity index (χ0v) is 12.4. The Balaban J connectivity index is 1.66. The average molecular weight is 282 g/mol. The second kappa shape index (κ2) is 6.42. The van der Waals surface area contributed by atoms with Crippen molar-refractivity contribution in [2.75, 3.05) is 0 Å². The van der Waals surface area contributed by atoms with Crippen LogP contribution in [0.25, 0.3) is 0 Å². The van der Waals surface area contributed by atoms with Crippen LogP contribution in [0.1, 0.15) is 42.6 Å². The fourth-order valence-electron chi connectivity index (χ4n) is 2.94. The van der Waals surface area contributed by atoms with Gasteiger partial charge in [0.15, 0.2) is 0 Å². The first-order valence-electron chi connectivity index (χ1n) is 7.68. The fraction of sp³-hybridized carbons (Fsp3) is 0.368. The maximum absolute atomic E-state index is 10.4. The Morgan fingerprint density at radius 2 is 1.67 bits per heavy atom.